The highest BCUT2D eigenvalue weighted by atomic mass is 16.2. The van der Waals surface area contributed by atoms with Crippen molar-refractivity contribution in [2.45, 2.75) is 26.8 Å². The van der Waals surface area contributed by atoms with Crippen molar-refractivity contribution >= 4 is 5.91 Å². The van der Waals surface area contributed by atoms with Crippen LogP contribution < -0.4 is 11.0 Å². The first kappa shape index (κ1) is 15.7. The fraction of sp³-hybridized carbons (Fsp3) is 0.250. The molecule has 0 aliphatic rings. The first-order valence-corrected chi connectivity index (χ1v) is 7.53. The molecule has 3 rings (SSSR count). The van der Waals surface area contributed by atoms with Crippen LogP contribution in [0.3, 0.4) is 0 Å². The standard InChI is InChI=1S/C16H18N6O2/c1-9-8-10(2)22(21-9)13-6-4-12(5-7-13)11(3)17-15(23)14-18-16(24)20-19-14/h4-8,11H,1-3H3,(H,17,23)(H2,18,19,20,24)/t11-/m1/s1. The van der Waals surface area contributed by atoms with E-state index in [-0.39, 0.29) is 11.9 Å². The molecule has 2 aromatic heterocycles. The van der Waals surface area contributed by atoms with E-state index in [4.69, 9.17) is 0 Å². The van der Waals surface area contributed by atoms with Crippen LogP contribution in [0, 0.1) is 13.8 Å². The van der Waals surface area contributed by atoms with Gasteiger partial charge in [-0.05, 0) is 44.5 Å². The van der Waals surface area contributed by atoms with Crippen LogP contribution in [0.5, 0.6) is 0 Å². The van der Waals surface area contributed by atoms with Gasteiger partial charge in [0.25, 0.3) is 5.91 Å². The van der Waals surface area contributed by atoms with Gasteiger partial charge in [0.2, 0.25) is 5.82 Å². The number of nitrogens with one attached hydrogen (secondary N) is 3. The number of carbonyl (C=O) groups is 1. The van der Waals surface area contributed by atoms with Crippen molar-refractivity contribution in [3.63, 3.8) is 0 Å². The Morgan fingerprint density at radius 2 is 1.96 bits per heavy atom. The molecule has 3 N–H and O–H groups in total. The lowest BCUT2D eigenvalue weighted by Gasteiger charge is -2.14. The fourth-order valence-corrected chi connectivity index (χ4v) is 2.52. The van der Waals surface area contributed by atoms with Crippen LogP contribution in [0.2, 0.25) is 0 Å². The lowest BCUT2D eigenvalue weighted by Crippen LogP contribution is -2.28. The Morgan fingerprint density at radius 1 is 1.25 bits per heavy atom. The van der Waals surface area contributed by atoms with E-state index >= 15 is 0 Å². The Morgan fingerprint density at radius 3 is 2.50 bits per heavy atom. The zero-order chi connectivity index (χ0) is 17.3. The number of aryl methyl sites for hydroxylation is 2. The van der Waals surface area contributed by atoms with Gasteiger partial charge < -0.3 is 5.32 Å². The van der Waals surface area contributed by atoms with Crippen molar-refractivity contribution in [2.75, 3.05) is 0 Å². The molecule has 3 aromatic rings. The summed E-state index contributed by atoms with van der Waals surface area (Å²) in [5, 5.41) is 13.0. The van der Waals surface area contributed by atoms with Gasteiger partial charge in [0.05, 0.1) is 17.4 Å². The monoisotopic (exact) mass is 326 g/mol. The summed E-state index contributed by atoms with van der Waals surface area (Å²) in [7, 11) is 0. The Labute approximate surface area is 137 Å². The minimum atomic E-state index is -0.512. The van der Waals surface area contributed by atoms with E-state index in [1.165, 1.54) is 0 Å². The Hall–Kier alpha value is -3.16. The molecule has 1 aromatic carbocycles. The number of benzene rings is 1. The normalized spacial score (nSPS) is 12.1. The number of amides is 1. The summed E-state index contributed by atoms with van der Waals surface area (Å²) >= 11 is 0. The topological polar surface area (TPSA) is 108 Å². The Kier molecular flexibility index (Phi) is 4.03. The van der Waals surface area contributed by atoms with Gasteiger partial charge >= 0.3 is 5.69 Å². The molecule has 0 unspecified atom stereocenters. The number of rotatable bonds is 4. The highest BCUT2D eigenvalue weighted by molar-refractivity contribution is 5.90. The SMILES string of the molecule is Cc1cc(C)n(-c2ccc([C@@H](C)NC(=O)c3n[nH]c(=O)[nH]3)cc2)n1. The third-order valence-corrected chi connectivity index (χ3v) is 3.71. The maximum absolute atomic E-state index is 12.0. The average molecular weight is 326 g/mol. The molecule has 8 nitrogen and oxygen atoms in total. The quantitative estimate of drug-likeness (QED) is 0.673. The van der Waals surface area contributed by atoms with Gasteiger partial charge in [-0.25, -0.2) is 14.6 Å². The first-order chi connectivity index (χ1) is 11.4. The van der Waals surface area contributed by atoms with Gasteiger partial charge in [0.1, 0.15) is 0 Å². The van der Waals surface area contributed by atoms with E-state index in [0.29, 0.717) is 0 Å². The van der Waals surface area contributed by atoms with E-state index in [1.54, 1.807) is 0 Å². The lowest BCUT2D eigenvalue weighted by molar-refractivity contribution is 0.0929. The largest absolute Gasteiger partial charge is 0.343 e. The molecule has 0 spiro atoms. The van der Waals surface area contributed by atoms with Gasteiger partial charge in [0.15, 0.2) is 0 Å². The zero-order valence-corrected chi connectivity index (χ0v) is 13.6. The fourth-order valence-electron chi connectivity index (χ4n) is 2.52. The molecule has 124 valence electrons. The van der Waals surface area contributed by atoms with Gasteiger partial charge in [-0.15, -0.1) is 5.10 Å². The number of H-pyrrole nitrogens is 2. The summed E-state index contributed by atoms with van der Waals surface area (Å²) in [5.74, 6) is -0.477. The Bertz CT molecular complexity index is 919. The number of hydrogen-bond donors (Lipinski definition) is 3. The van der Waals surface area contributed by atoms with Gasteiger partial charge in [-0.2, -0.15) is 5.10 Å². The van der Waals surface area contributed by atoms with Crippen molar-refractivity contribution in [1.82, 2.24) is 30.3 Å². The second kappa shape index (κ2) is 6.15. The van der Waals surface area contributed by atoms with Gasteiger partial charge in [-0.1, -0.05) is 12.1 Å². The summed E-state index contributed by atoms with van der Waals surface area (Å²) in [6, 6.07) is 9.56. The minimum Gasteiger partial charge on any atom is -0.343 e. The predicted molar refractivity (Wildman–Crippen MR) is 88.1 cm³/mol. The van der Waals surface area contributed by atoms with Crippen LogP contribution in [0.4, 0.5) is 0 Å². The number of nitrogens with zero attached hydrogens (tertiary/aromatic N) is 3. The van der Waals surface area contributed by atoms with Crippen LogP contribution >= 0.6 is 0 Å². The first-order valence-electron chi connectivity index (χ1n) is 7.53. The molecule has 8 heteroatoms. The number of aromatic amines is 2. The minimum absolute atomic E-state index is 0.0360. The molecule has 1 atom stereocenters. The predicted octanol–water partition coefficient (Wildman–Crippen LogP) is 1.39. The molecule has 0 radical (unpaired) electrons. The van der Waals surface area contributed by atoms with E-state index in [2.05, 4.69) is 25.6 Å². The van der Waals surface area contributed by atoms with E-state index in [1.807, 2.05) is 55.8 Å². The molecule has 0 saturated carbocycles. The van der Waals surface area contributed by atoms with Crippen molar-refractivity contribution < 1.29 is 4.79 Å². The molecule has 0 aliphatic carbocycles. The summed E-state index contributed by atoms with van der Waals surface area (Å²) in [6.07, 6.45) is 0. The van der Waals surface area contributed by atoms with Crippen molar-refractivity contribution in [2.24, 2.45) is 0 Å². The van der Waals surface area contributed by atoms with E-state index in [0.717, 1.165) is 22.6 Å². The van der Waals surface area contributed by atoms with Crippen LogP contribution in [0.25, 0.3) is 5.69 Å². The molecular weight excluding hydrogens is 308 g/mol. The molecule has 2 heterocycles. The third-order valence-electron chi connectivity index (χ3n) is 3.71. The number of carbonyl (C=O) groups excluding carboxylic acids is 1. The maximum Gasteiger partial charge on any atom is 0.341 e. The molecule has 0 saturated heterocycles. The van der Waals surface area contributed by atoms with E-state index in [9.17, 15) is 9.59 Å². The second-order valence-electron chi connectivity index (χ2n) is 5.65. The van der Waals surface area contributed by atoms with Crippen molar-refractivity contribution in [3.05, 3.63) is 63.6 Å². The zero-order valence-electron chi connectivity index (χ0n) is 13.6. The van der Waals surface area contributed by atoms with Gasteiger partial charge in [-0.3, -0.25) is 9.78 Å². The Balaban J connectivity index is 1.74. The van der Waals surface area contributed by atoms with Crippen LogP contribution in [-0.4, -0.2) is 30.9 Å². The van der Waals surface area contributed by atoms with Crippen molar-refractivity contribution in [3.8, 4) is 5.69 Å². The number of aromatic nitrogens is 5. The van der Waals surface area contributed by atoms with Crippen LogP contribution in [0.1, 0.15) is 40.5 Å². The highest BCUT2D eigenvalue weighted by Crippen LogP contribution is 2.17. The van der Waals surface area contributed by atoms with Gasteiger partial charge in [0, 0.05) is 5.69 Å². The summed E-state index contributed by atoms with van der Waals surface area (Å²) in [5.41, 5.74) is 3.40. The molecule has 1 amide bonds. The van der Waals surface area contributed by atoms with Crippen LogP contribution in [-0.2, 0) is 0 Å². The van der Waals surface area contributed by atoms with Crippen molar-refractivity contribution in [1.29, 1.82) is 0 Å². The maximum atomic E-state index is 12.0. The average Bonchev–Trinajstić information content (AvgIpc) is 3.13. The third kappa shape index (κ3) is 3.12. The lowest BCUT2D eigenvalue weighted by atomic mass is 10.1. The number of hydrogen-bond acceptors (Lipinski definition) is 4. The molecule has 0 fully saturated rings. The molecular formula is C16H18N6O2. The molecule has 24 heavy (non-hydrogen) atoms. The summed E-state index contributed by atoms with van der Waals surface area (Å²) < 4.78 is 1.87. The molecule has 0 bridgehead atoms. The van der Waals surface area contributed by atoms with E-state index < -0.39 is 11.6 Å². The molecule has 0 aliphatic heterocycles. The summed E-state index contributed by atoms with van der Waals surface area (Å²) in [4.78, 5) is 25.3. The highest BCUT2D eigenvalue weighted by Gasteiger charge is 2.14. The van der Waals surface area contributed by atoms with Crippen LogP contribution in [0.15, 0.2) is 35.1 Å². The summed E-state index contributed by atoms with van der Waals surface area (Å²) in [6.45, 7) is 5.82. The smallest absolute Gasteiger partial charge is 0.341 e. The second-order valence-corrected chi connectivity index (χ2v) is 5.65.